The predicted octanol–water partition coefficient (Wildman–Crippen LogP) is 4.54. The molecule has 2 aromatic heterocycles. The molecular weight excluding hydrogens is 361 g/mol. The van der Waals surface area contributed by atoms with Gasteiger partial charge in [-0.2, -0.15) is 0 Å². The fourth-order valence-corrected chi connectivity index (χ4v) is 5.07. The molecule has 1 aliphatic rings. The second-order valence-electron chi connectivity index (χ2n) is 7.05. The summed E-state index contributed by atoms with van der Waals surface area (Å²) < 4.78 is 15.6. The Kier molecular flexibility index (Phi) is 5.25. The molecule has 0 radical (unpaired) electrons. The van der Waals surface area contributed by atoms with Crippen LogP contribution in [0.25, 0.3) is 10.2 Å². The van der Waals surface area contributed by atoms with Gasteiger partial charge in [0, 0.05) is 18.0 Å². The van der Waals surface area contributed by atoms with Gasteiger partial charge in [0.1, 0.15) is 10.6 Å². The van der Waals surface area contributed by atoms with Crippen LogP contribution in [0.3, 0.4) is 0 Å². The van der Waals surface area contributed by atoms with Crippen LogP contribution in [0.15, 0.2) is 29.1 Å². The summed E-state index contributed by atoms with van der Waals surface area (Å²) in [6.45, 7) is 3.23. The number of aromatic nitrogens is 2. The van der Waals surface area contributed by atoms with Gasteiger partial charge in [-0.3, -0.25) is 9.36 Å². The van der Waals surface area contributed by atoms with Crippen molar-refractivity contribution in [3.63, 3.8) is 0 Å². The molecule has 6 heteroatoms. The van der Waals surface area contributed by atoms with Crippen molar-refractivity contribution in [2.45, 2.75) is 52.0 Å². The number of nitrogens with zero attached hydrogens (tertiary/aromatic N) is 2. The van der Waals surface area contributed by atoms with E-state index in [1.165, 1.54) is 22.9 Å². The predicted molar refractivity (Wildman–Crippen MR) is 109 cm³/mol. The summed E-state index contributed by atoms with van der Waals surface area (Å²) in [6.07, 6.45) is 5.79. The summed E-state index contributed by atoms with van der Waals surface area (Å²) in [5.41, 5.74) is 1.96. The SMILES string of the molecule is CCCn1c(NCCc2ccccc2F)nc2sc3c(c2c1=O)CCCC3. The highest BCUT2D eigenvalue weighted by Gasteiger charge is 2.21. The lowest BCUT2D eigenvalue weighted by Gasteiger charge is -2.14. The topological polar surface area (TPSA) is 46.9 Å². The number of aryl methyl sites for hydroxylation is 2. The maximum atomic E-state index is 13.8. The monoisotopic (exact) mass is 385 g/mol. The molecule has 1 N–H and O–H groups in total. The lowest BCUT2D eigenvalue weighted by Crippen LogP contribution is -2.26. The third kappa shape index (κ3) is 3.50. The highest BCUT2D eigenvalue weighted by Crippen LogP contribution is 2.34. The Bertz CT molecular complexity index is 1020. The minimum atomic E-state index is -0.195. The summed E-state index contributed by atoms with van der Waals surface area (Å²) in [7, 11) is 0. The molecule has 3 aromatic rings. The second kappa shape index (κ2) is 7.80. The van der Waals surface area contributed by atoms with Gasteiger partial charge in [-0.25, -0.2) is 9.37 Å². The van der Waals surface area contributed by atoms with Crippen LogP contribution >= 0.6 is 11.3 Å². The van der Waals surface area contributed by atoms with Gasteiger partial charge in [-0.1, -0.05) is 25.1 Å². The van der Waals surface area contributed by atoms with E-state index < -0.39 is 0 Å². The molecule has 0 saturated carbocycles. The maximum absolute atomic E-state index is 13.8. The summed E-state index contributed by atoms with van der Waals surface area (Å²) in [5.74, 6) is 0.406. The van der Waals surface area contributed by atoms with Gasteiger partial charge >= 0.3 is 0 Å². The van der Waals surface area contributed by atoms with E-state index in [1.54, 1.807) is 28.0 Å². The molecule has 1 aromatic carbocycles. The highest BCUT2D eigenvalue weighted by atomic mass is 32.1. The minimum Gasteiger partial charge on any atom is -0.355 e. The summed E-state index contributed by atoms with van der Waals surface area (Å²) in [6, 6.07) is 6.80. The molecule has 0 fully saturated rings. The number of fused-ring (bicyclic) bond motifs is 3. The molecule has 0 aliphatic heterocycles. The van der Waals surface area contributed by atoms with E-state index >= 15 is 0 Å². The summed E-state index contributed by atoms with van der Waals surface area (Å²) in [4.78, 5) is 20.1. The Labute approximate surface area is 162 Å². The number of hydrogen-bond acceptors (Lipinski definition) is 4. The minimum absolute atomic E-state index is 0.0645. The largest absolute Gasteiger partial charge is 0.355 e. The molecule has 0 atom stereocenters. The van der Waals surface area contributed by atoms with Gasteiger partial charge in [-0.05, 0) is 55.7 Å². The number of halogens is 1. The Balaban J connectivity index is 1.66. The molecule has 0 unspecified atom stereocenters. The lowest BCUT2D eigenvalue weighted by molar-refractivity contribution is 0.609. The fourth-order valence-electron chi connectivity index (χ4n) is 3.81. The Hall–Kier alpha value is -2.21. The molecule has 142 valence electrons. The zero-order chi connectivity index (χ0) is 18.8. The third-order valence-electron chi connectivity index (χ3n) is 5.16. The number of rotatable bonds is 6. The van der Waals surface area contributed by atoms with Crippen LogP contribution in [-0.4, -0.2) is 16.1 Å². The van der Waals surface area contributed by atoms with E-state index in [0.717, 1.165) is 35.9 Å². The first-order valence-corrected chi connectivity index (χ1v) is 10.5. The Morgan fingerprint density at radius 1 is 1.26 bits per heavy atom. The van der Waals surface area contributed by atoms with Crippen molar-refractivity contribution < 1.29 is 4.39 Å². The van der Waals surface area contributed by atoms with E-state index in [-0.39, 0.29) is 11.4 Å². The van der Waals surface area contributed by atoms with Crippen molar-refractivity contribution in [3.05, 3.63) is 56.4 Å². The van der Waals surface area contributed by atoms with Crippen LogP contribution in [0.4, 0.5) is 10.3 Å². The first-order valence-electron chi connectivity index (χ1n) is 9.71. The first kappa shape index (κ1) is 18.2. The van der Waals surface area contributed by atoms with Gasteiger partial charge in [0.15, 0.2) is 0 Å². The molecule has 0 bridgehead atoms. The molecular formula is C21H24FN3OS. The number of anilines is 1. The zero-order valence-corrected chi connectivity index (χ0v) is 16.4. The number of nitrogens with one attached hydrogen (secondary N) is 1. The number of thiophene rings is 1. The third-order valence-corrected chi connectivity index (χ3v) is 6.34. The van der Waals surface area contributed by atoms with E-state index in [9.17, 15) is 9.18 Å². The zero-order valence-electron chi connectivity index (χ0n) is 15.6. The van der Waals surface area contributed by atoms with Crippen LogP contribution in [0.2, 0.25) is 0 Å². The average Bonchev–Trinajstić information content (AvgIpc) is 3.04. The van der Waals surface area contributed by atoms with Crippen LogP contribution in [0, 0.1) is 5.82 Å². The lowest BCUT2D eigenvalue weighted by atomic mass is 9.97. The van der Waals surface area contributed by atoms with Crippen molar-refractivity contribution in [2.75, 3.05) is 11.9 Å². The Morgan fingerprint density at radius 3 is 2.89 bits per heavy atom. The van der Waals surface area contributed by atoms with Gasteiger partial charge in [0.05, 0.1) is 5.39 Å². The molecule has 0 spiro atoms. The van der Waals surface area contributed by atoms with E-state index in [4.69, 9.17) is 4.98 Å². The number of hydrogen-bond donors (Lipinski definition) is 1. The van der Waals surface area contributed by atoms with Gasteiger partial charge < -0.3 is 5.32 Å². The smallest absolute Gasteiger partial charge is 0.263 e. The quantitative estimate of drug-likeness (QED) is 0.678. The van der Waals surface area contributed by atoms with Crippen molar-refractivity contribution in [1.29, 1.82) is 0 Å². The maximum Gasteiger partial charge on any atom is 0.263 e. The van der Waals surface area contributed by atoms with Crippen LogP contribution in [0.1, 0.15) is 42.2 Å². The van der Waals surface area contributed by atoms with Gasteiger partial charge in [-0.15, -0.1) is 11.3 Å². The normalized spacial score (nSPS) is 13.7. The number of benzene rings is 1. The van der Waals surface area contributed by atoms with Gasteiger partial charge in [0.25, 0.3) is 5.56 Å². The van der Waals surface area contributed by atoms with Crippen molar-refractivity contribution >= 4 is 27.5 Å². The van der Waals surface area contributed by atoms with Crippen molar-refractivity contribution in [1.82, 2.24) is 9.55 Å². The van der Waals surface area contributed by atoms with Gasteiger partial charge in [0.2, 0.25) is 5.95 Å². The second-order valence-corrected chi connectivity index (χ2v) is 8.14. The van der Waals surface area contributed by atoms with Crippen LogP contribution in [0.5, 0.6) is 0 Å². The van der Waals surface area contributed by atoms with E-state index in [2.05, 4.69) is 12.2 Å². The molecule has 1 aliphatic carbocycles. The molecule has 27 heavy (non-hydrogen) atoms. The van der Waals surface area contributed by atoms with E-state index in [0.29, 0.717) is 31.0 Å². The van der Waals surface area contributed by atoms with Crippen molar-refractivity contribution in [2.24, 2.45) is 0 Å². The Morgan fingerprint density at radius 2 is 2.07 bits per heavy atom. The first-order chi connectivity index (χ1) is 13.2. The highest BCUT2D eigenvalue weighted by molar-refractivity contribution is 7.18. The molecule has 0 amide bonds. The standard InChI is InChI=1S/C21H24FN3OS/c1-2-13-25-20(26)18-15-8-4-6-10-17(15)27-19(18)24-21(25)23-12-11-14-7-3-5-9-16(14)22/h3,5,7,9H,2,4,6,8,10-13H2,1H3,(H,23,24). The molecule has 2 heterocycles. The summed E-state index contributed by atoms with van der Waals surface area (Å²) >= 11 is 1.66. The van der Waals surface area contributed by atoms with Crippen LogP contribution < -0.4 is 10.9 Å². The summed E-state index contributed by atoms with van der Waals surface area (Å²) in [5, 5.41) is 4.10. The van der Waals surface area contributed by atoms with Crippen LogP contribution in [-0.2, 0) is 25.8 Å². The fraction of sp³-hybridized carbons (Fsp3) is 0.429. The molecule has 0 saturated heterocycles. The van der Waals surface area contributed by atoms with Crippen molar-refractivity contribution in [3.8, 4) is 0 Å². The molecule has 4 rings (SSSR count). The molecule has 4 nitrogen and oxygen atoms in total. The van der Waals surface area contributed by atoms with E-state index in [1.807, 2.05) is 6.07 Å². The average molecular weight is 386 g/mol.